The number of carbonyl (C=O) groups is 1. The van der Waals surface area contributed by atoms with Crippen molar-refractivity contribution in [1.82, 2.24) is 20.4 Å². The van der Waals surface area contributed by atoms with Crippen LogP contribution in [0.2, 0.25) is 0 Å². The van der Waals surface area contributed by atoms with Gasteiger partial charge in [-0.3, -0.25) is 4.79 Å². The van der Waals surface area contributed by atoms with Crippen LogP contribution in [0.15, 0.2) is 28.8 Å². The van der Waals surface area contributed by atoms with E-state index < -0.39 is 0 Å². The van der Waals surface area contributed by atoms with E-state index in [-0.39, 0.29) is 5.91 Å². The number of amides is 1. The standard InChI is InChI=1S/C24H31N5O3/c1-15-10-16(2)14-29(13-15)23-22-17(3)28-32-24(22)27-20(26-23)8-9-21(30)25-12-18-6-5-7-19(11-18)31-4/h5-7,11,15-16H,8-10,12-14H2,1-4H3,(H,25,30). The molecule has 8 heteroatoms. The molecule has 3 aromatic rings. The fourth-order valence-electron chi connectivity index (χ4n) is 4.49. The van der Waals surface area contributed by atoms with Crippen molar-refractivity contribution in [1.29, 1.82) is 0 Å². The lowest BCUT2D eigenvalue weighted by Crippen LogP contribution is -2.39. The first kappa shape index (κ1) is 22.0. The van der Waals surface area contributed by atoms with E-state index in [1.807, 2.05) is 31.2 Å². The van der Waals surface area contributed by atoms with E-state index in [1.54, 1.807) is 7.11 Å². The Morgan fingerprint density at radius 3 is 2.78 bits per heavy atom. The Morgan fingerprint density at radius 1 is 1.25 bits per heavy atom. The van der Waals surface area contributed by atoms with Gasteiger partial charge >= 0.3 is 0 Å². The van der Waals surface area contributed by atoms with Gasteiger partial charge in [0.25, 0.3) is 5.71 Å². The molecule has 1 aliphatic rings. The number of methoxy groups -OCH3 is 1. The number of hydrogen-bond acceptors (Lipinski definition) is 7. The molecular weight excluding hydrogens is 406 g/mol. The van der Waals surface area contributed by atoms with E-state index in [0.717, 1.165) is 41.3 Å². The highest BCUT2D eigenvalue weighted by Gasteiger charge is 2.27. The lowest BCUT2D eigenvalue weighted by atomic mass is 9.92. The molecule has 0 saturated carbocycles. The Morgan fingerprint density at radius 2 is 2.03 bits per heavy atom. The number of ether oxygens (including phenoxy) is 1. The number of rotatable bonds is 7. The van der Waals surface area contributed by atoms with Crippen molar-refractivity contribution in [2.45, 2.75) is 46.6 Å². The molecule has 3 heterocycles. The van der Waals surface area contributed by atoms with Crippen molar-refractivity contribution in [2.75, 3.05) is 25.1 Å². The second-order valence-corrected chi connectivity index (χ2v) is 8.89. The Labute approximate surface area is 188 Å². The predicted octanol–water partition coefficient (Wildman–Crippen LogP) is 3.67. The quantitative estimate of drug-likeness (QED) is 0.603. The number of aromatic nitrogens is 3. The molecule has 32 heavy (non-hydrogen) atoms. The third-order valence-electron chi connectivity index (χ3n) is 5.90. The summed E-state index contributed by atoms with van der Waals surface area (Å²) in [6.07, 6.45) is 1.95. The van der Waals surface area contributed by atoms with E-state index in [4.69, 9.17) is 14.2 Å². The normalized spacial score (nSPS) is 18.7. The number of nitrogens with zero attached hydrogens (tertiary/aromatic N) is 4. The molecule has 2 atom stereocenters. The van der Waals surface area contributed by atoms with E-state index in [0.29, 0.717) is 42.8 Å². The molecule has 0 spiro atoms. The molecule has 0 radical (unpaired) electrons. The van der Waals surface area contributed by atoms with Gasteiger partial charge in [0.2, 0.25) is 5.91 Å². The van der Waals surface area contributed by atoms with Crippen LogP contribution >= 0.6 is 0 Å². The average molecular weight is 438 g/mol. The summed E-state index contributed by atoms with van der Waals surface area (Å²) in [5.74, 6) is 3.39. The van der Waals surface area contributed by atoms with E-state index >= 15 is 0 Å². The summed E-state index contributed by atoms with van der Waals surface area (Å²) in [5, 5.41) is 7.94. The van der Waals surface area contributed by atoms with Crippen LogP contribution in [-0.4, -0.2) is 41.2 Å². The van der Waals surface area contributed by atoms with Crippen LogP contribution < -0.4 is 15.0 Å². The summed E-state index contributed by atoms with van der Waals surface area (Å²) in [6.45, 7) is 8.81. The van der Waals surface area contributed by atoms with Crippen molar-refractivity contribution in [3.63, 3.8) is 0 Å². The molecule has 1 fully saturated rings. The highest BCUT2D eigenvalue weighted by Crippen LogP contribution is 2.32. The van der Waals surface area contributed by atoms with Crippen molar-refractivity contribution >= 4 is 22.8 Å². The molecule has 0 bridgehead atoms. The molecule has 1 saturated heterocycles. The molecule has 4 rings (SSSR count). The Balaban J connectivity index is 1.45. The van der Waals surface area contributed by atoms with Gasteiger partial charge in [0.05, 0.1) is 12.8 Å². The zero-order valence-electron chi connectivity index (χ0n) is 19.2. The van der Waals surface area contributed by atoms with E-state index in [1.165, 1.54) is 6.42 Å². The van der Waals surface area contributed by atoms with Crippen LogP contribution in [-0.2, 0) is 17.8 Å². The summed E-state index contributed by atoms with van der Waals surface area (Å²) >= 11 is 0. The van der Waals surface area contributed by atoms with Gasteiger partial charge in [-0.15, -0.1) is 0 Å². The Hall–Kier alpha value is -3.16. The van der Waals surface area contributed by atoms with Gasteiger partial charge in [-0.05, 0) is 42.9 Å². The van der Waals surface area contributed by atoms with Crippen LogP contribution in [0.25, 0.3) is 11.1 Å². The molecule has 170 valence electrons. The van der Waals surface area contributed by atoms with Gasteiger partial charge < -0.3 is 19.5 Å². The summed E-state index contributed by atoms with van der Waals surface area (Å²) in [5.41, 5.74) is 2.27. The Bertz CT molecular complexity index is 1090. The number of piperidine rings is 1. The van der Waals surface area contributed by atoms with E-state index in [2.05, 4.69) is 34.2 Å². The smallest absolute Gasteiger partial charge is 0.263 e. The van der Waals surface area contributed by atoms with Gasteiger partial charge in [0, 0.05) is 32.5 Å². The van der Waals surface area contributed by atoms with Crippen LogP contribution in [0.4, 0.5) is 5.82 Å². The number of carbonyl (C=O) groups excluding carboxylic acids is 1. The number of benzene rings is 1. The van der Waals surface area contributed by atoms with Gasteiger partial charge in [0.15, 0.2) is 0 Å². The summed E-state index contributed by atoms with van der Waals surface area (Å²) in [7, 11) is 1.63. The first-order chi connectivity index (χ1) is 15.4. The molecule has 1 amide bonds. The second-order valence-electron chi connectivity index (χ2n) is 8.89. The second kappa shape index (κ2) is 9.54. The van der Waals surface area contributed by atoms with Crippen LogP contribution in [0.3, 0.4) is 0 Å². The van der Waals surface area contributed by atoms with Gasteiger partial charge in [-0.25, -0.2) is 4.98 Å². The van der Waals surface area contributed by atoms with Crippen molar-refractivity contribution in [3.8, 4) is 5.75 Å². The zero-order chi connectivity index (χ0) is 22.7. The Kier molecular flexibility index (Phi) is 6.58. The maximum Gasteiger partial charge on any atom is 0.263 e. The molecule has 1 aliphatic heterocycles. The lowest BCUT2D eigenvalue weighted by Gasteiger charge is -2.36. The molecule has 2 unspecified atom stereocenters. The SMILES string of the molecule is COc1cccc(CNC(=O)CCc2nc(N3CC(C)CC(C)C3)c3c(C)noc3n2)c1. The van der Waals surface area contributed by atoms with Crippen molar-refractivity contribution in [3.05, 3.63) is 41.3 Å². The fourth-order valence-corrected chi connectivity index (χ4v) is 4.49. The van der Waals surface area contributed by atoms with Gasteiger partial charge in [-0.2, -0.15) is 4.98 Å². The van der Waals surface area contributed by atoms with E-state index in [9.17, 15) is 4.79 Å². The minimum atomic E-state index is -0.0490. The summed E-state index contributed by atoms with van der Waals surface area (Å²) in [6, 6.07) is 7.66. The molecule has 1 N–H and O–H groups in total. The highest BCUT2D eigenvalue weighted by atomic mass is 16.5. The van der Waals surface area contributed by atoms with Gasteiger partial charge in [0.1, 0.15) is 22.8 Å². The minimum Gasteiger partial charge on any atom is -0.497 e. The summed E-state index contributed by atoms with van der Waals surface area (Å²) < 4.78 is 10.7. The zero-order valence-corrected chi connectivity index (χ0v) is 19.2. The minimum absolute atomic E-state index is 0.0490. The number of fused-ring (bicyclic) bond motifs is 1. The van der Waals surface area contributed by atoms with Crippen LogP contribution in [0, 0.1) is 18.8 Å². The molecule has 1 aromatic carbocycles. The topological polar surface area (TPSA) is 93.4 Å². The molecular formula is C24H31N5O3. The first-order valence-corrected chi connectivity index (χ1v) is 11.2. The summed E-state index contributed by atoms with van der Waals surface area (Å²) in [4.78, 5) is 24.2. The van der Waals surface area contributed by atoms with Gasteiger partial charge in [-0.1, -0.05) is 31.1 Å². The van der Waals surface area contributed by atoms with Crippen molar-refractivity contribution < 1.29 is 14.1 Å². The molecule has 8 nitrogen and oxygen atoms in total. The third-order valence-corrected chi connectivity index (χ3v) is 5.90. The maximum atomic E-state index is 12.4. The number of anilines is 1. The highest BCUT2D eigenvalue weighted by molar-refractivity contribution is 5.88. The largest absolute Gasteiger partial charge is 0.497 e. The average Bonchev–Trinajstić information content (AvgIpc) is 3.16. The monoisotopic (exact) mass is 437 g/mol. The lowest BCUT2D eigenvalue weighted by molar-refractivity contribution is -0.121. The molecule has 2 aromatic heterocycles. The maximum absolute atomic E-state index is 12.4. The third kappa shape index (κ3) is 5.00. The number of hydrogen-bond donors (Lipinski definition) is 1. The van der Waals surface area contributed by atoms with Crippen LogP contribution in [0.5, 0.6) is 5.75 Å². The number of aryl methyl sites for hydroxylation is 2. The fraction of sp³-hybridized carbons (Fsp3) is 0.500. The predicted molar refractivity (Wildman–Crippen MR) is 123 cm³/mol. The molecule has 0 aliphatic carbocycles. The number of nitrogens with one attached hydrogen (secondary N) is 1. The first-order valence-electron chi connectivity index (χ1n) is 11.2. The van der Waals surface area contributed by atoms with Crippen LogP contribution in [0.1, 0.15) is 43.8 Å². The van der Waals surface area contributed by atoms with Crippen molar-refractivity contribution in [2.24, 2.45) is 11.8 Å².